The fourth-order valence-electron chi connectivity index (χ4n) is 2.04. The van der Waals surface area contributed by atoms with Gasteiger partial charge < -0.3 is 5.32 Å². The Balaban J connectivity index is 2.37. The van der Waals surface area contributed by atoms with Gasteiger partial charge in [0.2, 0.25) is 0 Å². The van der Waals surface area contributed by atoms with E-state index in [9.17, 15) is 0 Å². The van der Waals surface area contributed by atoms with Gasteiger partial charge in [0.05, 0.1) is 5.69 Å². The molecule has 1 rings (SSSR count). The minimum Gasteiger partial charge on any atom is -0.309 e. The third-order valence-electron chi connectivity index (χ3n) is 3.79. The van der Waals surface area contributed by atoms with Crippen molar-refractivity contribution >= 4 is 0 Å². The molecule has 1 N–H and O–H groups in total. The van der Waals surface area contributed by atoms with Crippen molar-refractivity contribution in [1.82, 2.24) is 15.1 Å². The summed E-state index contributed by atoms with van der Waals surface area (Å²) in [7, 11) is 0. The monoisotopic (exact) mass is 251 g/mol. The fourth-order valence-corrected chi connectivity index (χ4v) is 2.04. The molecule has 3 unspecified atom stereocenters. The molecule has 104 valence electrons. The van der Waals surface area contributed by atoms with E-state index in [1.54, 1.807) is 0 Å². The smallest absolute Gasteiger partial charge is 0.0762 e. The van der Waals surface area contributed by atoms with Gasteiger partial charge in [0.1, 0.15) is 0 Å². The third kappa shape index (κ3) is 4.81. The van der Waals surface area contributed by atoms with Crippen LogP contribution in [-0.2, 0) is 6.54 Å². The lowest BCUT2D eigenvalue weighted by Crippen LogP contribution is -2.27. The molecular formula is C15H29N3. The molecule has 0 radical (unpaired) electrons. The molecule has 3 nitrogen and oxygen atoms in total. The number of hydrogen-bond acceptors (Lipinski definition) is 2. The second-order valence-corrected chi connectivity index (χ2v) is 5.58. The minimum absolute atomic E-state index is 0.497. The van der Waals surface area contributed by atoms with Gasteiger partial charge in [-0.15, -0.1) is 0 Å². The van der Waals surface area contributed by atoms with Gasteiger partial charge in [0, 0.05) is 24.8 Å². The Morgan fingerprint density at radius 2 is 1.94 bits per heavy atom. The summed E-state index contributed by atoms with van der Waals surface area (Å²) in [5.41, 5.74) is 1.14. The maximum Gasteiger partial charge on any atom is 0.0762 e. The number of nitrogens with one attached hydrogen (secondary N) is 1. The number of nitrogens with zero attached hydrogens (tertiary/aromatic N) is 2. The lowest BCUT2D eigenvalue weighted by Gasteiger charge is -2.16. The Kier molecular flexibility index (Phi) is 6.41. The van der Waals surface area contributed by atoms with E-state index >= 15 is 0 Å². The summed E-state index contributed by atoms with van der Waals surface area (Å²) in [5.74, 6) is 0.796. The van der Waals surface area contributed by atoms with Crippen molar-refractivity contribution in [3.63, 3.8) is 0 Å². The Hall–Kier alpha value is -0.830. The molecule has 3 heteroatoms. The zero-order valence-corrected chi connectivity index (χ0v) is 12.6. The van der Waals surface area contributed by atoms with E-state index in [1.165, 1.54) is 12.8 Å². The van der Waals surface area contributed by atoms with Gasteiger partial charge in [0.25, 0.3) is 0 Å². The van der Waals surface area contributed by atoms with Crippen LogP contribution in [0.1, 0.15) is 65.6 Å². The lowest BCUT2D eigenvalue weighted by molar-refractivity contribution is 0.407. The van der Waals surface area contributed by atoms with Gasteiger partial charge >= 0.3 is 0 Å². The molecule has 3 atom stereocenters. The van der Waals surface area contributed by atoms with Crippen molar-refractivity contribution in [3.8, 4) is 0 Å². The van der Waals surface area contributed by atoms with E-state index in [0.29, 0.717) is 12.1 Å². The van der Waals surface area contributed by atoms with Gasteiger partial charge in [-0.05, 0) is 38.7 Å². The Bertz CT molecular complexity index is 332. The fraction of sp³-hybridized carbons (Fsp3) is 0.800. The van der Waals surface area contributed by atoms with E-state index in [0.717, 1.165) is 24.6 Å². The van der Waals surface area contributed by atoms with Crippen molar-refractivity contribution in [3.05, 3.63) is 18.0 Å². The Morgan fingerprint density at radius 1 is 1.22 bits per heavy atom. The summed E-state index contributed by atoms with van der Waals surface area (Å²) in [5, 5.41) is 8.17. The highest BCUT2D eigenvalue weighted by Crippen LogP contribution is 2.11. The van der Waals surface area contributed by atoms with Crippen LogP contribution in [0, 0.1) is 5.92 Å². The predicted octanol–water partition coefficient (Wildman–Crippen LogP) is 3.77. The molecule has 1 aromatic heterocycles. The predicted molar refractivity (Wildman–Crippen MR) is 77.6 cm³/mol. The zero-order valence-electron chi connectivity index (χ0n) is 12.6. The van der Waals surface area contributed by atoms with Gasteiger partial charge in [-0.25, -0.2) is 0 Å². The van der Waals surface area contributed by atoms with E-state index in [-0.39, 0.29) is 0 Å². The highest BCUT2D eigenvalue weighted by atomic mass is 15.3. The first-order chi connectivity index (χ1) is 8.56. The van der Waals surface area contributed by atoms with E-state index in [1.807, 2.05) is 0 Å². The van der Waals surface area contributed by atoms with Crippen molar-refractivity contribution < 1.29 is 0 Å². The molecule has 0 bridgehead atoms. The molecule has 1 aromatic rings. The van der Waals surface area contributed by atoms with Crippen molar-refractivity contribution in [2.75, 3.05) is 0 Å². The van der Waals surface area contributed by atoms with Crippen LogP contribution in [0.4, 0.5) is 0 Å². The average molecular weight is 251 g/mol. The summed E-state index contributed by atoms with van der Waals surface area (Å²) in [4.78, 5) is 0. The molecular weight excluding hydrogens is 222 g/mol. The summed E-state index contributed by atoms with van der Waals surface area (Å²) >= 11 is 0. The maximum atomic E-state index is 4.61. The molecule has 0 fully saturated rings. The van der Waals surface area contributed by atoms with Gasteiger partial charge in [0.15, 0.2) is 0 Å². The first-order valence-electron chi connectivity index (χ1n) is 7.34. The molecule has 0 spiro atoms. The lowest BCUT2D eigenvalue weighted by atomic mass is 10.0. The number of rotatable bonds is 8. The summed E-state index contributed by atoms with van der Waals surface area (Å²) < 4.78 is 2.07. The molecule has 0 saturated carbocycles. The van der Waals surface area contributed by atoms with Crippen LogP contribution >= 0.6 is 0 Å². The van der Waals surface area contributed by atoms with Crippen LogP contribution in [-0.4, -0.2) is 15.8 Å². The van der Waals surface area contributed by atoms with Crippen molar-refractivity contribution in [2.24, 2.45) is 5.92 Å². The van der Waals surface area contributed by atoms with Crippen LogP contribution < -0.4 is 5.32 Å². The number of hydrogen-bond donors (Lipinski definition) is 1. The maximum absolute atomic E-state index is 4.61. The largest absolute Gasteiger partial charge is 0.309 e. The number of aromatic nitrogens is 2. The first-order valence-corrected chi connectivity index (χ1v) is 7.34. The van der Waals surface area contributed by atoms with E-state index in [4.69, 9.17) is 0 Å². The Morgan fingerprint density at radius 3 is 2.56 bits per heavy atom. The van der Waals surface area contributed by atoms with E-state index in [2.05, 4.69) is 62.0 Å². The van der Waals surface area contributed by atoms with Gasteiger partial charge in [-0.3, -0.25) is 4.68 Å². The second kappa shape index (κ2) is 7.57. The summed E-state index contributed by atoms with van der Waals surface area (Å²) in [6, 6.07) is 3.18. The standard InChI is InChI=1S/C15H29N3/c1-6-12(3)10-13(4)16-11-15-8-9-18(17-15)14(5)7-2/h8-9,12-14,16H,6-7,10-11H2,1-5H3. The molecule has 18 heavy (non-hydrogen) atoms. The SMILES string of the molecule is CCC(C)CC(C)NCc1ccn(C(C)CC)n1. The van der Waals surface area contributed by atoms with Crippen LogP contribution in [0.15, 0.2) is 12.3 Å². The normalized spacial score (nSPS) is 16.5. The zero-order chi connectivity index (χ0) is 13.5. The molecule has 0 aliphatic rings. The quantitative estimate of drug-likeness (QED) is 0.762. The van der Waals surface area contributed by atoms with Crippen LogP contribution in [0.3, 0.4) is 0 Å². The molecule has 0 aliphatic heterocycles. The Labute approximate surface area is 112 Å². The van der Waals surface area contributed by atoms with Crippen molar-refractivity contribution in [2.45, 2.75) is 72.5 Å². The highest BCUT2D eigenvalue weighted by Gasteiger charge is 2.08. The van der Waals surface area contributed by atoms with Gasteiger partial charge in [-0.2, -0.15) is 5.10 Å². The van der Waals surface area contributed by atoms with Crippen LogP contribution in [0.2, 0.25) is 0 Å². The molecule has 0 amide bonds. The molecule has 0 aromatic carbocycles. The molecule has 0 aliphatic carbocycles. The van der Waals surface area contributed by atoms with Gasteiger partial charge in [-0.1, -0.05) is 27.2 Å². The summed E-state index contributed by atoms with van der Waals surface area (Å²) in [6.07, 6.45) is 5.71. The average Bonchev–Trinajstić information content (AvgIpc) is 2.84. The second-order valence-electron chi connectivity index (χ2n) is 5.58. The third-order valence-corrected chi connectivity index (χ3v) is 3.79. The van der Waals surface area contributed by atoms with Crippen LogP contribution in [0.5, 0.6) is 0 Å². The summed E-state index contributed by atoms with van der Waals surface area (Å²) in [6.45, 7) is 12.1. The highest BCUT2D eigenvalue weighted by molar-refractivity contribution is 4.99. The minimum atomic E-state index is 0.497. The molecule has 0 saturated heterocycles. The topological polar surface area (TPSA) is 29.9 Å². The van der Waals surface area contributed by atoms with Crippen LogP contribution in [0.25, 0.3) is 0 Å². The van der Waals surface area contributed by atoms with E-state index < -0.39 is 0 Å². The first kappa shape index (κ1) is 15.2. The van der Waals surface area contributed by atoms with Crippen molar-refractivity contribution in [1.29, 1.82) is 0 Å². The molecule has 1 heterocycles.